The lowest BCUT2D eigenvalue weighted by Gasteiger charge is -2.01. The molecule has 92 valence electrons. The zero-order valence-corrected chi connectivity index (χ0v) is 10.9. The van der Waals surface area contributed by atoms with Gasteiger partial charge in [-0.25, -0.2) is 4.98 Å². The normalized spacial score (nSPS) is 11.5. The van der Waals surface area contributed by atoms with E-state index >= 15 is 0 Å². The van der Waals surface area contributed by atoms with E-state index in [1.807, 2.05) is 0 Å². The van der Waals surface area contributed by atoms with E-state index in [-0.39, 0.29) is 0 Å². The molecule has 3 heteroatoms. The van der Waals surface area contributed by atoms with Crippen LogP contribution in [-0.2, 0) is 13.0 Å². The fraction of sp³-hybridized carbons (Fsp3) is 0.500. The summed E-state index contributed by atoms with van der Waals surface area (Å²) >= 11 is 0. The van der Waals surface area contributed by atoms with Crippen LogP contribution in [0.2, 0.25) is 0 Å². The van der Waals surface area contributed by atoms with Gasteiger partial charge in [-0.3, -0.25) is 0 Å². The maximum Gasteiger partial charge on any atom is 0.107 e. The Kier molecular flexibility index (Phi) is 3.79. The van der Waals surface area contributed by atoms with Crippen molar-refractivity contribution in [1.29, 1.82) is 0 Å². The second-order valence-electron chi connectivity index (χ2n) is 4.91. The second-order valence-corrected chi connectivity index (χ2v) is 4.91. The third-order valence-electron chi connectivity index (χ3n) is 2.78. The lowest BCUT2D eigenvalue weighted by Crippen LogP contribution is -2.11. The zero-order valence-electron chi connectivity index (χ0n) is 10.9. The lowest BCUT2D eigenvalue weighted by atomic mass is 10.1. The molecule has 1 heterocycles. The first-order chi connectivity index (χ1) is 8.19. The Morgan fingerprint density at radius 1 is 1.35 bits per heavy atom. The highest BCUT2D eigenvalue weighted by atomic mass is 14.9. The van der Waals surface area contributed by atoms with Crippen LogP contribution in [0.4, 0.5) is 0 Å². The largest absolute Gasteiger partial charge is 0.342 e. The first kappa shape index (κ1) is 12.1. The van der Waals surface area contributed by atoms with Crippen molar-refractivity contribution in [3.8, 4) is 0 Å². The Bertz CT molecular complexity index is 485. The number of fused-ring (bicyclic) bond motifs is 1. The van der Waals surface area contributed by atoms with Crippen molar-refractivity contribution in [3.63, 3.8) is 0 Å². The van der Waals surface area contributed by atoms with E-state index in [1.165, 1.54) is 5.56 Å². The summed E-state index contributed by atoms with van der Waals surface area (Å²) in [4.78, 5) is 8.00. The van der Waals surface area contributed by atoms with E-state index in [0.717, 1.165) is 36.4 Å². The highest BCUT2D eigenvalue weighted by Crippen LogP contribution is 2.15. The predicted octanol–water partition coefficient (Wildman–Crippen LogP) is 2.87. The molecule has 0 spiro atoms. The van der Waals surface area contributed by atoms with Crippen LogP contribution in [0, 0.1) is 5.92 Å². The van der Waals surface area contributed by atoms with Gasteiger partial charge >= 0.3 is 0 Å². The SMILES string of the molecule is CCNCc1ccc2nc(CC(C)C)[nH]c2c1. The number of benzene rings is 1. The Morgan fingerprint density at radius 2 is 2.18 bits per heavy atom. The van der Waals surface area contributed by atoms with Gasteiger partial charge in [-0.2, -0.15) is 0 Å². The van der Waals surface area contributed by atoms with Gasteiger partial charge in [0, 0.05) is 13.0 Å². The lowest BCUT2D eigenvalue weighted by molar-refractivity contribution is 0.627. The molecule has 0 bridgehead atoms. The minimum atomic E-state index is 0.636. The quantitative estimate of drug-likeness (QED) is 0.830. The van der Waals surface area contributed by atoms with Crippen molar-refractivity contribution in [2.45, 2.75) is 33.7 Å². The summed E-state index contributed by atoms with van der Waals surface area (Å²) in [6.45, 7) is 8.47. The molecule has 2 rings (SSSR count). The third kappa shape index (κ3) is 3.07. The molecule has 17 heavy (non-hydrogen) atoms. The molecular formula is C14H21N3. The smallest absolute Gasteiger partial charge is 0.107 e. The van der Waals surface area contributed by atoms with Crippen molar-refractivity contribution in [2.75, 3.05) is 6.54 Å². The van der Waals surface area contributed by atoms with Crippen LogP contribution >= 0.6 is 0 Å². The van der Waals surface area contributed by atoms with Crippen LogP contribution in [0.25, 0.3) is 11.0 Å². The fourth-order valence-electron chi connectivity index (χ4n) is 1.97. The minimum absolute atomic E-state index is 0.636. The van der Waals surface area contributed by atoms with Gasteiger partial charge in [-0.1, -0.05) is 26.8 Å². The van der Waals surface area contributed by atoms with Crippen LogP contribution in [0.3, 0.4) is 0 Å². The number of aromatic nitrogens is 2. The van der Waals surface area contributed by atoms with E-state index in [9.17, 15) is 0 Å². The van der Waals surface area contributed by atoms with E-state index < -0.39 is 0 Å². The number of H-pyrrole nitrogens is 1. The van der Waals surface area contributed by atoms with Crippen molar-refractivity contribution in [3.05, 3.63) is 29.6 Å². The topological polar surface area (TPSA) is 40.7 Å². The standard InChI is InChI=1S/C14H21N3/c1-4-15-9-11-5-6-12-13(8-11)17-14(16-12)7-10(2)3/h5-6,8,10,15H,4,7,9H2,1-3H3,(H,16,17). The average molecular weight is 231 g/mol. The summed E-state index contributed by atoms with van der Waals surface area (Å²) in [7, 11) is 0. The summed E-state index contributed by atoms with van der Waals surface area (Å²) in [5, 5.41) is 3.33. The Labute approximate surface area is 103 Å². The Hall–Kier alpha value is -1.35. The number of imidazole rings is 1. The minimum Gasteiger partial charge on any atom is -0.342 e. The van der Waals surface area contributed by atoms with Gasteiger partial charge in [0.15, 0.2) is 0 Å². The molecule has 0 saturated carbocycles. The van der Waals surface area contributed by atoms with Gasteiger partial charge in [0.05, 0.1) is 11.0 Å². The number of hydrogen-bond donors (Lipinski definition) is 2. The predicted molar refractivity (Wildman–Crippen MR) is 72.0 cm³/mol. The van der Waals surface area contributed by atoms with Crippen LogP contribution in [0.15, 0.2) is 18.2 Å². The van der Waals surface area contributed by atoms with E-state index in [2.05, 4.69) is 54.3 Å². The molecule has 2 aromatic rings. The molecule has 2 N–H and O–H groups in total. The zero-order chi connectivity index (χ0) is 12.3. The maximum absolute atomic E-state index is 4.60. The summed E-state index contributed by atoms with van der Waals surface area (Å²) in [6, 6.07) is 6.43. The van der Waals surface area contributed by atoms with E-state index in [0.29, 0.717) is 5.92 Å². The summed E-state index contributed by atoms with van der Waals surface area (Å²) in [6.07, 6.45) is 1.01. The van der Waals surface area contributed by atoms with Crippen molar-refractivity contribution >= 4 is 11.0 Å². The molecule has 3 nitrogen and oxygen atoms in total. The van der Waals surface area contributed by atoms with E-state index in [1.54, 1.807) is 0 Å². The fourth-order valence-corrected chi connectivity index (χ4v) is 1.97. The third-order valence-corrected chi connectivity index (χ3v) is 2.78. The number of hydrogen-bond acceptors (Lipinski definition) is 2. The Morgan fingerprint density at radius 3 is 2.88 bits per heavy atom. The number of aromatic amines is 1. The highest BCUT2D eigenvalue weighted by Gasteiger charge is 2.05. The molecule has 0 aliphatic carbocycles. The summed E-state index contributed by atoms with van der Waals surface area (Å²) in [5.41, 5.74) is 3.52. The number of rotatable bonds is 5. The molecule has 1 aromatic carbocycles. The van der Waals surface area contributed by atoms with Crippen LogP contribution in [0.1, 0.15) is 32.2 Å². The molecule has 0 fully saturated rings. The van der Waals surface area contributed by atoms with Gasteiger partial charge in [0.2, 0.25) is 0 Å². The molecule has 0 amide bonds. The first-order valence-corrected chi connectivity index (χ1v) is 6.37. The molecule has 1 aromatic heterocycles. The van der Waals surface area contributed by atoms with Crippen molar-refractivity contribution in [1.82, 2.24) is 15.3 Å². The maximum atomic E-state index is 4.60. The highest BCUT2D eigenvalue weighted by molar-refractivity contribution is 5.75. The Balaban J connectivity index is 2.21. The van der Waals surface area contributed by atoms with Crippen molar-refractivity contribution in [2.24, 2.45) is 5.92 Å². The monoisotopic (exact) mass is 231 g/mol. The van der Waals surface area contributed by atoms with Gasteiger partial charge in [0.1, 0.15) is 5.82 Å². The number of nitrogens with one attached hydrogen (secondary N) is 2. The number of nitrogens with zero attached hydrogens (tertiary/aromatic N) is 1. The molecule has 0 aliphatic rings. The first-order valence-electron chi connectivity index (χ1n) is 6.37. The average Bonchev–Trinajstić information content (AvgIpc) is 2.66. The second kappa shape index (κ2) is 5.32. The van der Waals surface area contributed by atoms with Crippen LogP contribution < -0.4 is 5.32 Å². The van der Waals surface area contributed by atoms with Crippen LogP contribution in [-0.4, -0.2) is 16.5 Å². The molecule has 0 unspecified atom stereocenters. The molecule has 0 radical (unpaired) electrons. The molecule has 0 saturated heterocycles. The van der Waals surface area contributed by atoms with Gasteiger partial charge in [-0.15, -0.1) is 0 Å². The summed E-state index contributed by atoms with van der Waals surface area (Å²) in [5.74, 6) is 1.73. The molecule has 0 atom stereocenters. The summed E-state index contributed by atoms with van der Waals surface area (Å²) < 4.78 is 0. The van der Waals surface area contributed by atoms with Gasteiger partial charge in [-0.05, 0) is 30.2 Å². The van der Waals surface area contributed by atoms with Gasteiger partial charge in [0.25, 0.3) is 0 Å². The van der Waals surface area contributed by atoms with Crippen LogP contribution in [0.5, 0.6) is 0 Å². The van der Waals surface area contributed by atoms with E-state index in [4.69, 9.17) is 0 Å². The van der Waals surface area contributed by atoms with Crippen molar-refractivity contribution < 1.29 is 0 Å². The molecular weight excluding hydrogens is 210 g/mol. The molecule has 0 aliphatic heterocycles. The van der Waals surface area contributed by atoms with Gasteiger partial charge < -0.3 is 10.3 Å².